The maximum Gasteiger partial charge on any atom is 0.267 e. The number of aryl methyl sites for hydroxylation is 2. The van der Waals surface area contributed by atoms with E-state index in [0.29, 0.717) is 5.69 Å². The lowest BCUT2D eigenvalue weighted by Gasteiger charge is -2.14. The van der Waals surface area contributed by atoms with Gasteiger partial charge in [0.2, 0.25) is 5.91 Å². The lowest BCUT2D eigenvalue weighted by molar-refractivity contribution is -0.117. The predicted molar refractivity (Wildman–Crippen MR) is 106 cm³/mol. The average molecular weight is 367 g/mol. The summed E-state index contributed by atoms with van der Waals surface area (Å²) in [5.74, 6) is -0.251. The molecule has 1 amide bonds. The third-order valence-corrected chi connectivity index (χ3v) is 5.09. The number of nitrogens with one attached hydrogen (secondary N) is 1. The summed E-state index contributed by atoms with van der Waals surface area (Å²) >= 11 is 1.54. The molecule has 1 N–H and O–H groups in total. The van der Waals surface area contributed by atoms with Crippen molar-refractivity contribution in [3.63, 3.8) is 0 Å². The van der Waals surface area contributed by atoms with Crippen molar-refractivity contribution in [1.82, 2.24) is 9.78 Å². The van der Waals surface area contributed by atoms with Gasteiger partial charge in [0.1, 0.15) is 12.2 Å². The van der Waals surface area contributed by atoms with Crippen LogP contribution in [0.15, 0.2) is 52.6 Å². The lowest BCUT2D eigenvalue weighted by Crippen LogP contribution is -2.29. The molecule has 2 heterocycles. The van der Waals surface area contributed by atoms with Gasteiger partial charge in [-0.1, -0.05) is 38.1 Å². The molecule has 0 spiro atoms. The predicted octanol–water partition coefficient (Wildman–Crippen LogP) is 3.74. The second kappa shape index (κ2) is 8.10. The standard InChI is InChI=1S/C20H21N3O2S/c1-3-14-7-5-8-15(4-2)20(14)21-18(24)13-23-19(25)11-10-16(22-23)17-9-6-12-26-17/h5-12H,3-4,13H2,1-2H3,(H,21,24). The summed E-state index contributed by atoms with van der Waals surface area (Å²) in [6, 6.07) is 13.0. The number of rotatable bonds is 6. The van der Waals surface area contributed by atoms with Gasteiger partial charge in [0.05, 0.1) is 4.88 Å². The SMILES string of the molecule is CCc1cccc(CC)c1NC(=O)Cn1nc(-c2cccs2)ccc1=O. The van der Waals surface area contributed by atoms with Gasteiger partial charge in [0.15, 0.2) is 0 Å². The highest BCUT2D eigenvalue weighted by molar-refractivity contribution is 7.13. The molecule has 0 fully saturated rings. The fraction of sp³-hybridized carbons (Fsp3) is 0.250. The quantitative estimate of drug-likeness (QED) is 0.722. The fourth-order valence-electron chi connectivity index (χ4n) is 2.84. The third-order valence-electron chi connectivity index (χ3n) is 4.20. The van der Waals surface area contributed by atoms with Crippen LogP contribution in [0, 0.1) is 0 Å². The summed E-state index contributed by atoms with van der Waals surface area (Å²) < 4.78 is 1.21. The van der Waals surface area contributed by atoms with E-state index in [2.05, 4.69) is 24.3 Å². The Morgan fingerprint density at radius 1 is 1.08 bits per heavy atom. The molecule has 0 radical (unpaired) electrons. The first kappa shape index (κ1) is 18.1. The third kappa shape index (κ3) is 3.91. The molecule has 0 saturated carbocycles. The second-order valence-corrected chi connectivity index (χ2v) is 6.85. The molecule has 26 heavy (non-hydrogen) atoms. The number of benzene rings is 1. The molecule has 1 aromatic carbocycles. The maximum atomic E-state index is 12.6. The van der Waals surface area contributed by atoms with Crippen LogP contribution in [0.3, 0.4) is 0 Å². The molecule has 0 saturated heterocycles. The van der Waals surface area contributed by atoms with Crippen LogP contribution in [0.4, 0.5) is 5.69 Å². The number of carbonyl (C=O) groups is 1. The average Bonchev–Trinajstić information content (AvgIpc) is 3.18. The highest BCUT2D eigenvalue weighted by Crippen LogP contribution is 2.23. The Kier molecular flexibility index (Phi) is 5.63. The monoisotopic (exact) mass is 367 g/mol. The minimum atomic E-state index is -0.292. The Labute approximate surface area is 156 Å². The van der Waals surface area contributed by atoms with Crippen molar-refractivity contribution in [2.45, 2.75) is 33.2 Å². The summed E-state index contributed by atoms with van der Waals surface area (Å²) in [6.07, 6.45) is 1.66. The number of thiophene rings is 1. The van der Waals surface area contributed by atoms with E-state index in [-0.39, 0.29) is 18.0 Å². The van der Waals surface area contributed by atoms with E-state index >= 15 is 0 Å². The molecule has 5 nitrogen and oxygen atoms in total. The van der Waals surface area contributed by atoms with Gasteiger partial charge in [0.25, 0.3) is 5.56 Å². The molecular formula is C20H21N3O2S. The van der Waals surface area contributed by atoms with Gasteiger partial charge in [-0.3, -0.25) is 9.59 Å². The minimum Gasteiger partial charge on any atom is -0.324 e. The fourth-order valence-corrected chi connectivity index (χ4v) is 3.53. The minimum absolute atomic E-state index is 0.112. The summed E-state index contributed by atoms with van der Waals surface area (Å²) in [5.41, 5.74) is 3.43. The molecule has 0 aliphatic rings. The second-order valence-electron chi connectivity index (χ2n) is 5.90. The zero-order valence-corrected chi connectivity index (χ0v) is 15.7. The van der Waals surface area contributed by atoms with E-state index in [4.69, 9.17) is 0 Å². The van der Waals surface area contributed by atoms with Crippen LogP contribution in [0.5, 0.6) is 0 Å². The Balaban J connectivity index is 1.83. The topological polar surface area (TPSA) is 64.0 Å². The van der Waals surface area contributed by atoms with Gasteiger partial charge >= 0.3 is 0 Å². The van der Waals surface area contributed by atoms with E-state index in [1.165, 1.54) is 10.7 Å². The van der Waals surface area contributed by atoms with Crippen LogP contribution in [-0.4, -0.2) is 15.7 Å². The number of hydrogen-bond acceptors (Lipinski definition) is 4. The molecule has 6 heteroatoms. The van der Waals surface area contributed by atoms with Crippen LogP contribution in [0.25, 0.3) is 10.6 Å². The Morgan fingerprint density at radius 2 is 1.81 bits per heavy atom. The maximum absolute atomic E-state index is 12.6. The Bertz CT molecular complexity index is 939. The van der Waals surface area contributed by atoms with Crippen molar-refractivity contribution in [3.8, 4) is 10.6 Å². The first-order valence-electron chi connectivity index (χ1n) is 8.65. The van der Waals surface area contributed by atoms with Crippen LogP contribution in [0.2, 0.25) is 0 Å². The molecule has 2 aromatic heterocycles. The Morgan fingerprint density at radius 3 is 2.42 bits per heavy atom. The van der Waals surface area contributed by atoms with Crippen molar-refractivity contribution in [3.05, 3.63) is 69.3 Å². The van der Waals surface area contributed by atoms with Gasteiger partial charge in [0, 0.05) is 11.8 Å². The molecule has 0 aliphatic heterocycles. The van der Waals surface area contributed by atoms with E-state index in [1.807, 2.05) is 35.7 Å². The normalized spacial score (nSPS) is 10.7. The van der Waals surface area contributed by atoms with Gasteiger partial charge in [-0.15, -0.1) is 11.3 Å². The molecule has 0 atom stereocenters. The number of amides is 1. The number of anilines is 1. The smallest absolute Gasteiger partial charge is 0.267 e. The zero-order valence-electron chi connectivity index (χ0n) is 14.9. The molecule has 0 bridgehead atoms. The molecule has 3 rings (SSSR count). The first-order valence-corrected chi connectivity index (χ1v) is 9.53. The van der Waals surface area contributed by atoms with Crippen LogP contribution in [0.1, 0.15) is 25.0 Å². The number of hydrogen-bond donors (Lipinski definition) is 1. The number of nitrogens with zero attached hydrogens (tertiary/aromatic N) is 2. The first-order chi connectivity index (χ1) is 12.6. The van der Waals surface area contributed by atoms with E-state index < -0.39 is 0 Å². The van der Waals surface area contributed by atoms with Gasteiger partial charge in [-0.25, -0.2) is 4.68 Å². The van der Waals surface area contributed by atoms with Crippen molar-refractivity contribution in [2.75, 3.05) is 5.32 Å². The molecular weight excluding hydrogens is 346 g/mol. The summed E-state index contributed by atoms with van der Waals surface area (Å²) in [5, 5.41) is 9.26. The molecule has 134 valence electrons. The van der Waals surface area contributed by atoms with Gasteiger partial charge < -0.3 is 5.32 Å². The van der Waals surface area contributed by atoms with Gasteiger partial charge in [-0.2, -0.15) is 5.10 Å². The van der Waals surface area contributed by atoms with E-state index in [9.17, 15) is 9.59 Å². The zero-order chi connectivity index (χ0) is 18.5. The van der Waals surface area contributed by atoms with Crippen molar-refractivity contribution >= 4 is 22.9 Å². The number of aromatic nitrogens is 2. The van der Waals surface area contributed by atoms with Crippen molar-refractivity contribution in [2.24, 2.45) is 0 Å². The molecule has 0 aliphatic carbocycles. The highest BCUT2D eigenvalue weighted by Gasteiger charge is 2.12. The highest BCUT2D eigenvalue weighted by atomic mass is 32.1. The lowest BCUT2D eigenvalue weighted by atomic mass is 10.0. The van der Waals surface area contributed by atoms with Crippen molar-refractivity contribution in [1.29, 1.82) is 0 Å². The molecule has 3 aromatic rings. The summed E-state index contributed by atoms with van der Waals surface area (Å²) in [7, 11) is 0. The summed E-state index contributed by atoms with van der Waals surface area (Å²) in [4.78, 5) is 25.6. The van der Waals surface area contributed by atoms with Crippen LogP contribution in [-0.2, 0) is 24.2 Å². The Hall–Kier alpha value is -2.73. The van der Waals surface area contributed by atoms with E-state index in [0.717, 1.165) is 34.5 Å². The van der Waals surface area contributed by atoms with Gasteiger partial charge in [-0.05, 0) is 41.5 Å². The van der Waals surface area contributed by atoms with Crippen LogP contribution >= 0.6 is 11.3 Å². The van der Waals surface area contributed by atoms with E-state index in [1.54, 1.807) is 17.4 Å². The molecule has 0 unspecified atom stereocenters. The van der Waals surface area contributed by atoms with Crippen LogP contribution < -0.4 is 10.9 Å². The number of carbonyl (C=O) groups excluding carboxylic acids is 1. The largest absolute Gasteiger partial charge is 0.324 e. The van der Waals surface area contributed by atoms with Crippen molar-refractivity contribution < 1.29 is 4.79 Å². The summed E-state index contributed by atoms with van der Waals surface area (Å²) in [6.45, 7) is 4.00. The number of para-hydroxylation sites is 1.